The summed E-state index contributed by atoms with van der Waals surface area (Å²) in [4.78, 5) is 11.7. The van der Waals surface area contributed by atoms with E-state index in [0.29, 0.717) is 0 Å². The van der Waals surface area contributed by atoms with E-state index in [9.17, 15) is 4.79 Å². The first-order valence-electron chi connectivity index (χ1n) is 5.27. The molecule has 1 aliphatic heterocycles. The van der Waals surface area contributed by atoms with E-state index in [1.165, 1.54) is 0 Å². The van der Waals surface area contributed by atoms with Crippen molar-refractivity contribution in [2.24, 2.45) is 11.8 Å². The fourth-order valence-electron chi connectivity index (χ4n) is 1.60. The number of rotatable bonds is 4. The van der Waals surface area contributed by atoms with Gasteiger partial charge in [-0.05, 0) is 18.9 Å². The number of hydrogen-bond donors (Lipinski definition) is 3. The molecule has 82 valence electrons. The molecule has 4 nitrogen and oxygen atoms in total. The second kappa shape index (κ2) is 5.32. The van der Waals surface area contributed by atoms with E-state index in [-0.39, 0.29) is 30.4 Å². The van der Waals surface area contributed by atoms with Gasteiger partial charge in [0, 0.05) is 6.54 Å². The van der Waals surface area contributed by atoms with Crippen molar-refractivity contribution in [1.82, 2.24) is 10.6 Å². The fraction of sp³-hybridized carbons (Fsp3) is 0.900. The summed E-state index contributed by atoms with van der Waals surface area (Å²) < 4.78 is 0. The van der Waals surface area contributed by atoms with E-state index in [1.807, 2.05) is 13.8 Å². The van der Waals surface area contributed by atoms with E-state index in [4.69, 9.17) is 5.11 Å². The third kappa shape index (κ3) is 2.96. The third-order valence-electron chi connectivity index (χ3n) is 2.76. The standard InChI is InChI=1S/C10H20N2O2/c1-7(2)9(6-13)12-10(14)8-3-4-11-5-8/h7-9,11,13H,3-6H2,1-2H3,(H,12,14)/t8?,9-/m1/s1. The Balaban J connectivity index is 2.37. The lowest BCUT2D eigenvalue weighted by Gasteiger charge is -2.21. The van der Waals surface area contributed by atoms with E-state index >= 15 is 0 Å². The highest BCUT2D eigenvalue weighted by Gasteiger charge is 2.25. The summed E-state index contributed by atoms with van der Waals surface area (Å²) in [6.07, 6.45) is 0.905. The summed E-state index contributed by atoms with van der Waals surface area (Å²) in [5, 5.41) is 15.1. The molecule has 1 amide bonds. The fourth-order valence-corrected chi connectivity index (χ4v) is 1.60. The van der Waals surface area contributed by atoms with Gasteiger partial charge < -0.3 is 15.7 Å². The van der Waals surface area contributed by atoms with E-state index < -0.39 is 0 Å². The van der Waals surface area contributed by atoms with Crippen LogP contribution in [0.3, 0.4) is 0 Å². The van der Waals surface area contributed by atoms with Crippen molar-refractivity contribution in [3.63, 3.8) is 0 Å². The van der Waals surface area contributed by atoms with Crippen LogP contribution in [0, 0.1) is 11.8 Å². The first-order chi connectivity index (χ1) is 6.65. The van der Waals surface area contributed by atoms with Crippen LogP contribution >= 0.6 is 0 Å². The van der Waals surface area contributed by atoms with Gasteiger partial charge in [0.05, 0.1) is 18.6 Å². The number of hydrogen-bond acceptors (Lipinski definition) is 3. The summed E-state index contributed by atoms with van der Waals surface area (Å²) in [6.45, 7) is 5.69. The Kier molecular flexibility index (Phi) is 4.35. The maximum atomic E-state index is 11.7. The minimum atomic E-state index is -0.108. The molecule has 1 unspecified atom stereocenters. The predicted molar refractivity (Wildman–Crippen MR) is 54.8 cm³/mol. The van der Waals surface area contributed by atoms with E-state index in [2.05, 4.69) is 10.6 Å². The molecule has 1 heterocycles. The molecule has 3 N–H and O–H groups in total. The van der Waals surface area contributed by atoms with Crippen LogP contribution in [0.25, 0.3) is 0 Å². The van der Waals surface area contributed by atoms with Crippen molar-refractivity contribution in [1.29, 1.82) is 0 Å². The SMILES string of the molecule is CC(C)[C@@H](CO)NC(=O)C1CCNC1. The second-order valence-corrected chi connectivity index (χ2v) is 4.23. The molecule has 0 aliphatic carbocycles. The maximum absolute atomic E-state index is 11.7. The lowest BCUT2D eigenvalue weighted by Crippen LogP contribution is -2.44. The zero-order valence-corrected chi connectivity index (χ0v) is 8.92. The number of aliphatic hydroxyl groups is 1. The zero-order valence-electron chi connectivity index (χ0n) is 8.92. The third-order valence-corrected chi connectivity index (χ3v) is 2.76. The Morgan fingerprint density at radius 2 is 2.36 bits per heavy atom. The molecule has 0 spiro atoms. The highest BCUT2D eigenvalue weighted by Crippen LogP contribution is 2.09. The van der Waals surface area contributed by atoms with E-state index in [0.717, 1.165) is 19.5 Å². The van der Waals surface area contributed by atoms with Crippen LogP contribution in [0.4, 0.5) is 0 Å². The number of amides is 1. The molecule has 1 rings (SSSR count). The molecule has 1 fully saturated rings. The Morgan fingerprint density at radius 3 is 2.79 bits per heavy atom. The molecule has 0 aromatic heterocycles. The Hall–Kier alpha value is -0.610. The lowest BCUT2D eigenvalue weighted by atomic mass is 10.0. The summed E-state index contributed by atoms with van der Waals surface area (Å²) in [7, 11) is 0. The zero-order chi connectivity index (χ0) is 10.6. The van der Waals surface area contributed by atoms with Crippen molar-refractivity contribution in [2.45, 2.75) is 26.3 Å². The predicted octanol–water partition coefficient (Wildman–Crippen LogP) is -0.271. The van der Waals surface area contributed by atoms with Gasteiger partial charge in [0.2, 0.25) is 5.91 Å². The van der Waals surface area contributed by atoms with Crippen LogP contribution < -0.4 is 10.6 Å². The van der Waals surface area contributed by atoms with E-state index in [1.54, 1.807) is 0 Å². The number of nitrogens with one attached hydrogen (secondary N) is 2. The molecule has 0 radical (unpaired) electrons. The monoisotopic (exact) mass is 200 g/mol. The van der Waals surface area contributed by atoms with Crippen molar-refractivity contribution in [2.75, 3.05) is 19.7 Å². The van der Waals surface area contributed by atoms with Gasteiger partial charge >= 0.3 is 0 Å². The number of aliphatic hydroxyl groups excluding tert-OH is 1. The molecule has 0 aromatic rings. The van der Waals surface area contributed by atoms with Gasteiger partial charge in [0.1, 0.15) is 0 Å². The second-order valence-electron chi connectivity index (χ2n) is 4.23. The molecule has 0 bridgehead atoms. The van der Waals surface area contributed by atoms with Crippen LogP contribution in [0.5, 0.6) is 0 Å². The van der Waals surface area contributed by atoms with Gasteiger partial charge in [-0.1, -0.05) is 13.8 Å². The highest BCUT2D eigenvalue weighted by molar-refractivity contribution is 5.79. The van der Waals surface area contributed by atoms with Crippen molar-refractivity contribution < 1.29 is 9.90 Å². The quantitative estimate of drug-likeness (QED) is 0.585. The summed E-state index contributed by atoms with van der Waals surface area (Å²) in [5.41, 5.74) is 0. The van der Waals surface area contributed by atoms with Crippen LogP contribution in [0.15, 0.2) is 0 Å². The topological polar surface area (TPSA) is 61.4 Å². The minimum absolute atomic E-state index is 0.0174. The van der Waals surface area contributed by atoms with Gasteiger partial charge in [0.25, 0.3) is 0 Å². The van der Waals surface area contributed by atoms with Crippen molar-refractivity contribution in [3.05, 3.63) is 0 Å². The molecule has 1 saturated heterocycles. The summed E-state index contributed by atoms with van der Waals surface area (Å²) in [6, 6.07) is -0.108. The van der Waals surface area contributed by atoms with Crippen LogP contribution in [-0.4, -0.2) is 36.8 Å². The van der Waals surface area contributed by atoms with Gasteiger partial charge in [-0.3, -0.25) is 4.79 Å². The number of carbonyl (C=O) groups is 1. The minimum Gasteiger partial charge on any atom is -0.394 e. The summed E-state index contributed by atoms with van der Waals surface area (Å²) >= 11 is 0. The Labute approximate surface area is 85.1 Å². The lowest BCUT2D eigenvalue weighted by molar-refractivity contribution is -0.125. The average molecular weight is 200 g/mol. The van der Waals surface area contributed by atoms with Crippen LogP contribution in [0.2, 0.25) is 0 Å². The van der Waals surface area contributed by atoms with Gasteiger partial charge in [-0.15, -0.1) is 0 Å². The van der Waals surface area contributed by atoms with Crippen molar-refractivity contribution in [3.8, 4) is 0 Å². The molecule has 2 atom stereocenters. The van der Waals surface area contributed by atoms with Crippen LogP contribution in [0.1, 0.15) is 20.3 Å². The van der Waals surface area contributed by atoms with Gasteiger partial charge in [0.15, 0.2) is 0 Å². The molecular formula is C10H20N2O2. The van der Waals surface area contributed by atoms with Crippen molar-refractivity contribution >= 4 is 5.91 Å². The smallest absolute Gasteiger partial charge is 0.224 e. The first kappa shape index (κ1) is 11.5. The molecular weight excluding hydrogens is 180 g/mol. The Morgan fingerprint density at radius 1 is 1.64 bits per heavy atom. The Bertz CT molecular complexity index is 189. The maximum Gasteiger partial charge on any atom is 0.224 e. The first-order valence-corrected chi connectivity index (χ1v) is 5.27. The average Bonchev–Trinajstić information content (AvgIpc) is 2.65. The van der Waals surface area contributed by atoms with Gasteiger partial charge in [-0.2, -0.15) is 0 Å². The molecule has 1 aliphatic rings. The highest BCUT2D eigenvalue weighted by atomic mass is 16.3. The molecule has 14 heavy (non-hydrogen) atoms. The molecule has 4 heteroatoms. The normalized spacial score (nSPS) is 23.9. The largest absolute Gasteiger partial charge is 0.394 e. The number of carbonyl (C=O) groups excluding carboxylic acids is 1. The van der Waals surface area contributed by atoms with Crippen LogP contribution in [-0.2, 0) is 4.79 Å². The van der Waals surface area contributed by atoms with Gasteiger partial charge in [-0.25, -0.2) is 0 Å². The molecule has 0 saturated carbocycles. The summed E-state index contributed by atoms with van der Waals surface area (Å²) in [5.74, 6) is 0.434. The molecule has 0 aromatic carbocycles.